The fourth-order valence-corrected chi connectivity index (χ4v) is 14.6. The van der Waals surface area contributed by atoms with Crippen molar-refractivity contribution in [2.24, 2.45) is 45.3 Å². The van der Waals surface area contributed by atoms with Gasteiger partial charge < -0.3 is 89.7 Å². The van der Waals surface area contributed by atoms with E-state index in [4.69, 9.17) is 28.4 Å². The van der Waals surface area contributed by atoms with Crippen molar-refractivity contribution in [3.8, 4) is 0 Å². The second-order valence-electron chi connectivity index (χ2n) is 22.6. The van der Waals surface area contributed by atoms with Gasteiger partial charge in [-0.15, -0.1) is 0 Å². The van der Waals surface area contributed by atoms with Gasteiger partial charge in [-0.3, -0.25) is 0 Å². The molecule has 25 atom stereocenters. The Morgan fingerprint density at radius 3 is 1.94 bits per heavy atom. The molecule has 0 aromatic heterocycles. The molecule has 7 rings (SSSR count). The van der Waals surface area contributed by atoms with Crippen LogP contribution in [0.3, 0.4) is 0 Å². The lowest BCUT2D eigenvalue weighted by Crippen LogP contribution is -2.71. The summed E-state index contributed by atoms with van der Waals surface area (Å²) in [6.07, 6.45) is -17.2. The number of rotatable bonds is 12. The first-order valence-corrected chi connectivity index (χ1v) is 23.9. The van der Waals surface area contributed by atoms with Gasteiger partial charge in [0.2, 0.25) is 0 Å². The normalized spacial score (nSPS) is 53.0. The molecule has 7 aliphatic rings. The standard InChI is InChI=1S/C47H80O18/c1-21(2)10-9-13-47(8,65-41-37(59)34(56)32(54)26(18-48)62-41)22-11-15-45(6)30(22)23(50)16-28-44(5)14-12-29(52)43(3,4)39(44)25(17-46(28,45)7)61-42-38(35(57)33(55)27(19-49)63-42)64-40-36(58)31(53)24(51)20-60-40/h10,22-42,48-59H,9,11-20H2,1-8H3/t22-,23+,24-,25-,26-,27+,28+,29-,30-,31-,32+,33+,34-,35-,36-,37+,38+,39-,40+,41-,42-,44+,45+,46+,47-/m0/s1. The molecule has 4 aliphatic carbocycles. The average molecular weight is 933 g/mol. The third-order valence-electron chi connectivity index (χ3n) is 18.3. The van der Waals surface area contributed by atoms with Gasteiger partial charge in [0.25, 0.3) is 0 Å². The van der Waals surface area contributed by atoms with Gasteiger partial charge in [0, 0.05) is 0 Å². The highest BCUT2D eigenvalue weighted by atomic mass is 16.8. The van der Waals surface area contributed by atoms with Crippen LogP contribution in [0.1, 0.15) is 107 Å². The van der Waals surface area contributed by atoms with E-state index in [1.165, 1.54) is 0 Å². The van der Waals surface area contributed by atoms with Crippen LogP contribution in [0.4, 0.5) is 0 Å². The molecule has 0 bridgehead atoms. The molecule has 3 aliphatic heterocycles. The predicted molar refractivity (Wildman–Crippen MR) is 229 cm³/mol. The zero-order valence-corrected chi connectivity index (χ0v) is 39.3. The lowest BCUT2D eigenvalue weighted by molar-refractivity contribution is -0.377. The summed E-state index contributed by atoms with van der Waals surface area (Å²) >= 11 is 0. The minimum absolute atomic E-state index is 0.0828. The number of hydrogen-bond acceptors (Lipinski definition) is 18. The summed E-state index contributed by atoms with van der Waals surface area (Å²) in [4.78, 5) is 0. The molecule has 0 amide bonds. The summed E-state index contributed by atoms with van der Waals surface area (Å²) in [7, 11) is 0. The van der Waals surface area contributed by atoms with E-state index in [-0.39, 0.29) is 30.3 Å². The highest BCUT2D eigenvalue weighted by molar-refractivity contribution is 5.22. The van der Waals surface area contributed by atoms with Gasteiger partial charge in [-0.25, -0.2) is 0 Å². The molecule has 18 heteroatoms. The summed E-state index contributed by atoms with van der Waals surface area (Å²) in [5.41, 5.74) is -2.41. The zero-order valence-electron chi connectivity index (χ0n) is 39.3. The molecule has 18 nitrogen and oxygen atoms in total. The second kappa shape index (κ2) is 19.0. The molecule has 0 radical (unpaired) electrons. The van der Waals surface area contributed by atoms with Crippen LogP contribution >= 0.6 is 0 Å². The van der Waals surface area contributed by atoms with Crippen molar-refractivity contribution >= 4 is 0 Å². The van der Waals surface area contributed by atoms with Gasteiger partial charge >= 0.3 is 0 Å². The maximum atomic E-state index is 12.7. The fourth-order valence-electron chi connectivity index (χ4n) is 14.6. The van der Waals surface area contributed by atoms with Crippen LogP contribution in [0.25, 0.3) is 0 Å². The van der Waals surface area contributed by atoms with E-state index in [2.05, 4.69) is 26.8 Å². The maximum absolute atomic E-state index is 12.7. The zero-order chi connectivity index (χ0) is 47.9. The van der Waals surface area contributed by atoms with Gasteiger partial charge in [0.15, 0.2) is 18.9 Å². The third kappa shape index (κ3) is 8.72. The van der Waals surface area contributed by atoms with E-state index in [1.807, 2.05) is 34.6 Å². The Balaban J connectivity index is 1.27. The van der Waals surface area contributed by atoms with Crippen LogP contribution < -0.4 is 0 Å². The molecule has 3 heterocycles. The number of ether oxygens (including phenoxy) is 6. The topological polar surface area (TPSA) is 298 Å². The van der Waals surface area contributed by atoms with E-state index in [1.54, 1.807) is 0 Å². The summed E-state index contributed by atoms with van der Waals surface area (Å²) in [6.45, 7) is 15.0. The van der Waals surface area contributed by atoms with Gasteiger partial charge in [-0.05, 0) is 117 Å². The summed E-state index contributed by atoms with van der Waals surface area (Å²) < 4.78 is 37.7. The molecule has 65 heavy (non-hydrogen) atoms. The van der Waals surface area contributed by atoms with E-state index in [0.29, 0.717) is 51.4 Å². The number of hydrogen-bond donors (Lipinski definition) is 12. The quantitative estimate of drug-likeness (QED) is 0.0874. The number of aliphatic hydroxyl groups is 12. The van der Waals surface area contributed by atoms with Crippen molar-refractivity contribution < 1.29 is 89.7 Å². The van der Waals surface area contributed by atoms with Crippen LogP contribution in [0.2, 0.25) is 0 Å². The largest absolute Gasteiger partial charge is 0.394 e. The molecule has 12 N–H and O–H groups in total. The Hall–Kier alpha value is -0.980. The molecule has 0 aromatic rings. The first-order chi connectivity index (χ1) is 30.3. The molecule has 7 fully saturated rings. The number of fused-ring (bicyclic) bond motifs is 5. The Morgan fingerprint density at radius 1 is 0.692 bits per heavy atom. The Kier molecular flexibility index (Phi) is 15.1. The van der Waals surface area contributed by atoms with Crippen LogP contribution in [-0.2, 0) is 28.4 Å². The molecule has 4 saturated carbocycles. The van der Waals surface area contributed by atoms with E-state index >= 15 is 0 Å². The predicted octanol–water partition coefficient (Wildman–Crippen LogP) is -0.417. The highest BCUT2D eigenvalue weighted by Crippen LogP contribution is 2.76. The van der Waals surface area contributed by atoms with Crippen molar-refractivity contribution in [1.29, 1.82) is 0 Å². The van der Waals surface area contributed by atoms with Gasteiger partial charge in [0.05, 0.1) is 43.7 Å². The van der Waals surface area contributed by atoms with Crippen LogP contribution in [0.15, 0.2) is 11.6 Å². The summed E-state index contributed by atoms with van der Waals surface area (Å²) in [5.74, 6) is -1.11. The van der Waals surface area contributed by atoms with Gasteiger partial charge in [-0.1, -0.05) is 46.3 Å². The first kappa shape index (κ1) is 51.9. The molecular weight excluding hydrogens is 852 g/mol. The lowest BCUT2D eigenvalue weighted by Gasteiger charge is -2.72. The monoisotopic (exact) mass is 933 g/mol. The molecular formula is C47H80O18. The van der Waals surface area contributed by atoms with E-state index in [0.717, 1.165) is 5.57 Å². The lowest BCUT2D eigenvalue weighted by atomic mass is 9.34. The Labute approximate surface area is 382 Å². The van der Waals surface area contributed by atoms with Crippen molar-refractivity contribution in [2.75, 3.05) is 19.8 Å². The van der Waals surface area contributed by atoms with Crippen LogP contribution in [-0.4, -0.2) is 191 Å². The highest BCUT2D eigenvalue weighted by Gasteiger charge is 2.74. The third-order valence-corrected chi connectivity index (χ3v) is 18.3. The smallest absolute Gasteiger partial charge is 0.187 e. The van der Waals surface area contributed by atoms with E-state index < -0.39 is 145 Å². The molecule has 0 aromatic carbocycles. The van der Waals surface area contributed by atoms with Crippen molar-refractivity contribution in [3.63, 3.8) is 0 Å². The molecule has 3 saturated heterocycles. The van der Waals surface area contributed by atoms with Crippen molar-refractivity contribution in [1.82, 2.24) is 0 Å². The molecule has 0 unspecified atom stereocenters. The molecule has 376 valence electrons. The van der Waals surface area contributed by atoms with Crippen LogP contribution in [0.5, 0.6) is 0 Å². The van der Waals surface area contributed by atoms with E-state index in [9.17, 15) is 61.3 Å². The van der Waals surface area contributed by atoms with Gasteiger partial charge in [0.1, 0.15) is 67.1 Å². The number of allylic oxidation sites excluding steroid dienone is 2. The van der Waals surface area contributed by atoms with Crippen molar-refractivity contribution in [3.05, 3.63) is 11.6 Å². The minimum Gasteiger partial charge on any atom is -0.394 e. The summed E-state index contributed by atoms with van der Waals surface area (Å²) in [5, 5.41) is 131. The van der Waals surface area contributed by atoms with Crippen LogP contribution in [0, 0.1) is 45.3 Å². The Morgan fingerprint density at radius 2 is 1.31 bits per heavy atom. The Bertz CT molecular complexity index is 1660. The minimum atomic E-state index is -1.73. The summed E-state index contributed by atoms with van der Waals surface area (Å²) in [6, 6.07) is 0. The van der Waals surface area contributed by atoms with Crippen molar-refractivity contribution in [2.45, 2.75) is 217 Å². The fraction of sp³-hybridized carbons (Fsp3) is 0.957. The number of aliphatic hydroxyl groups excluding tert-OH is 12. The van der Waals surface area contributed by atoms with Gasteiger partial charge in [-0.2, -0.15) is 0 Å². The molecule has 0 spiro atoms. The second-order valence-corrected chi connectivity index (χ2v) is 22.6. The first-order valence-electron chi connectivity index (χ1n) is 23.9. The SMILES string of the molecule is CC(C)=CCC[C@](C)(O[C@@H]1O[C@@H](CO)[C@@H](O)[C@H](O)[C@H]1O)[C@H]1CC[C@]2(C)[C@@H]1[C@H](O)C[C@@H]1[C@@]3(C)CC[C@H](O)C(C)(C)[C@@H]3[C@@H](O[C@H]3O[C@H](CO)[C@@H](O)[C@H](O)[C@H]3O[C@H]3OC[C@H](O)[C@H](O)[C@@H]3O)C[C@]12C. The average Bonchev–Trinajstić information content (AvgIpc) is 3.63. The maximum Gasteiger partial charge on any atom is 0.187 e.